The molecular weight excluding hydrogens is 526 g/mol. The van der Waals surface area contributed by atoms with Crippen LogP contribution in [0.1, 0.15) is 0 Å². The fraction of sp³-hybridized carbons (Fsp3) is 0. The van der Waals surface area contributed by atoms with Crippen LogP contribution in [0.2, 0.25) is 0 Å². The lowest BCUT2D eigenvalue weighted by Crippen LogP contribution is -2.01. The first-order chi connectivity index (χ1) is 21.3. The van der Waals surface area contributed by atoms with Crippen molar-refractivity contribution in [2.75, 3.05) is 0 Å². The first-order valence-electron chi connectivity index (χ1n) is 14.4. The molecule has 0 aliphatic carbocycles. The second kappa shape index (κ2) is 9.33. The van der Waals surface area contributed by atoms with Crippen LogP contribution >= 0.6 is 0 Å². The predicted molar refractivity (Wildman–Crippen MR) is 176 cm³/mol. The van der Waals surface area contributed by atoms with Gasteiger partial charge >= 0.3 is 0 Å². The Balaban J connectivity index is 1.29. The Bertz CT molecular complexity index is 2420. The first kappa shape index (κ1) is 23.8. The van der Waals surface area contributed by atoms with E-state index in [2.05, 4.69) is 121 Å². The summed E-state index contributed by atoms with van der Waals surface area (Å²) in [6.07, 6.45) is 0. The first-order valence-corrected chi connectivity index (χ1v) is 14.4. The highest BCUT2D eigenvalue weighted by Gasteiger charge is 2.17. The lowest BCUT2D eigenvalue weighted by molar-refractivity contribution is 0.672. The molecule has 7 aromatic carbocycles. The molecule has 0 saturated heterocycles. The minimum Gasteiger partial charge on any atom is -0.455 e. The molecule has 9 aromatic rings. The molecule has 0 fully saturated rings. The van der Waals surface area contributed by atoms with Gasteiger partial charge in [0.15, 0.2) is 17.5 Å². The monoisotopic (exact) mass is 549 g/mol. The molecule has 0 unspecified atom stereocenters. The van der Waals surface area contributed by atoms with Crippen LogP contribution in [-0.2, 0) is 0 Å². The molecule has 4 nitrogen and oxygen atoms in total. The topological polar surface area (TPSA) is 51.8 Å². The van der Waals surface area contributed by atoms with E-state index in [4.69, 9.17) is 19.4 Å². The maximum Gasteiger partial charge on any atom is 0.164 e. The molecule has 0 radical (unpaired) electrons. The third-order valence-corrected chi connectivity index (χ3v) is 8.31. The predicted octanol–water partition coefficient (Wildman–Crippen LogP) is 10.2. The largest absolute Gasteiger partial charge is 0.455 e. The van der Waals surface area contributed by atoms with E-state index in [1.54, 1.807) is 0 Å². The number of benzene rings is 7. The molecule has 9 rings (SSSR count). The minimum atomic E-state index is 0.632. The molecular formula is C39H23N3O. The summed E-state index contributed by atoms with van der Waals surface area (Å²) in [5.74, 6) is 1.93. The molecule has 0 bridgehead atoms. The molecule has 0 N–H and O–H groups in total. The molecule has 2 heterocycles. The zero-order valence-corrected chi connectivity index (χ0v) is 23.0. The maximum absolute atomic E-state index is 6.31. The molecule has 0 saturated carbocycles. The summed E-state index contributed by atoms with van der Waals surface area (Å²) < 4.78 is 6.31. The molecule has 0 amide bonds. The molecule has 0 spiro atoms. The Morgan fingerprint density at radius 1 is 0.372 bits per heavy atom. The summed E-state index contributed by atoms with van der Waals surface area (Å²) in [5.41, 5.74) is 4.68. The quantitative estimate of drug-likeness (QED) is 0.220. The van der Waals surface area contributed by atoms with Gasteiger partial charge in [0.25, 0.3) is 0 Å². The Morgan fingerprint density at radius 2 is 0.930 bits per heavy atom. The number of aromatic nitrogens is 3. The lowest BCUT2D eigenvalue weighted by atomic mass is 10.0. The molecule has 0 aliphatic rings. The number of fused-ring (bicyclic) bond motifs is 7. The normalized spacial score (nSPS) is 11.7. The van der Waals surface area contributed by atoms with Crippen LogP contribution in [0.4, 0.5) is 0 Å². The van der Waals surface area contributed by atoms with Gasteiger partial charge in [-0.3, -0.25) is 0 Å². The van der Waals surface area contributed by atoms with Gasteiger partial charge in [-0.05, 0) is 51.2 Å². The van der Waals surface area contributed by atoms with E-state index in [0.29, 0.717) is 17.5 Å². The van der Waals surface area contributed by atoms with Crippen molar-refractivity contribution in [1.29, 1.82) is 0 Å². The maximum atomic E-state index is 6.31. The summed E-state index contributed by atoms with van der Waals surface area (Å²) in [6, 6.07) is 48.1. The van der Waals surface area contributed by atoms with Gasteiger partial charge in [0.05, 0.1) is 0 Å². The Kier molecular flexibility index (Phi) is 5.16. The second-order valence-electron chi connectivity index (χ2n) is 10.8. The number of hydrogen-bond donors (Lipinski definition) is 0. The fourth-order valence-corrected chi connectivity index (χ4v) is 6.24. The van der Waals surface area contributed by atoms with Crippen molar-refractivity contribution in [1.82, 2.24) is 15.0 Å². The SMILES string of the molecule is c1ccc2c(-c3nc(-c4ccc5c(ccc6c7ccccc7oc56)c4)nc(-c4cccc5ccccc45)n3)cccc2c1. The van der Waals surface area contributed by atoms with Crippen LogP contribution in [-0.4, -0.2) is 15.0 Å². The van der Waals surface area contributed by atoms with Crippen LogP contribution in [0, 0.1) is 0 Å². The molecule has 43 heavy (non-hydrogen) atoms. The number of rotatable bonds is 3. The molecule has 4 heteroatoms. The van der Waals surface area contributed by atoms with E-state index in [9.17, 15) is 0 Å². The minimum absolute atomic E-state index is 0.632. The molecule has 2 aromatic heterocycles. The number of furan rings is 1. The van der Waals surface area contributed by atoms with Crippen molar-refractivity contribution in [2.24, 2.45) is 0 Å². The van der Waals surface area contributed by atoms with Crippen molar-refractivity contribution in [3.05, 3.63) is 140 Å². The van der Waals surface area contributed by atoms with Crippen LogP contribution in [0.15, 0.2) is 144 Å². The van der Waals surface area contributed by atoms with Gasteiger partial charge in [0.1, 0.15) is 11.2 Å². The Hall–Kier alpha value is -5.87. The Morgan fingerprint density at radius 3 is 1.63 bits per heavy atom. The summed E-state index contributed by atoms with van der Waals surface area (Å²) >= 11 is 0. The van der Waals surface area contributed by atoms with Gasteiger partial charge in [-0.2, -0.15) is 0 Å². The van der Waals surface area contributed by atoms with E-state index < -0.39 is 0 Å². The van der Waals surface area contributed by atoms with Crippen LogP contribution in [0.5, 0.6) is 0 Å². The van der Waals surface area contributed by atoms with Crippen LogP contribution in [0.25, 0.3) is 88.4 Å². The smallest absolute Gasteiger partial charge is 0.164 e. The third-order valence-electron chi connectivity index (χ3n) is 8.31. The van der Waals surface area contributed by atoms with Crippen molar-refractivity contribution in [2.45, 2.75) is 0 Å². The van der Waals surface area contributed by atoms with Crippen molar-refractivity contribution < 1.29 is 4.42 Å². The van der Waals surface area contributed by atoms with Crippen molar-refractivity contribution in [3.63, 3.8) is 0 Å². The Labute approximate surface area is 246 Å². The summed E-state index contributed by atoms with van der Waals surface area (Å²) in [7, 11) is 0. The summed E-state index contributed by atoms with van der Waals surface area (Å²) in [5, 5.41) is 8.89. The van der Waals surface area contributed by atoms with Gasteiger partial charge in [0, 0.05) is 32.8 Å². The summed E-state index contributed by atoms with van der Waals surface area (Å²) in [6.45, 7) is 0. The van der Waals surface area contributed by atoms with Crippen molar-refractivity contribution >= 4 is 54.3 Å². The van der Waals surface area contributed by atoms with Crippen LogP contribution in [0.3, 0.4) is 0 Å². The number of para-hydroxylation sites is 1. The number of nitrogens with zero attached hydrogens (tertiary/aromatic N) is 3. The lowest BCUT2D eigenvalue weighted by Gasteiger charge is -2.12. The third kappa shape index (κ3) is 3.81. The van der Waals surface area contributed by atoms with E-state index in [1.165, 1.54) is 0 Å². The fourth-order valence-electron chi connectivity index (χ4n) is 6.24. The average molecular weight is 550 g/mol. The van der Waals surface area contributed by atoms with E-state index in [1.807, 2.05) is 18.2 Å². The van der Waals surface area contributed by atoms with Gasteiger partial charge in [-0.15, -0.1) is 0 Å². The van der Waals surface area contributed by atoms with Crippen LogP contribution < -0.4 is 0 Å². The highest BCUT2D eigenvalue weighted by Crippen LogP contribution is 2.36. The van der Waals surface area contributed by atoms with Gasteiger partial charge < -0.3 is 4.42 Å². The van der Waals surface area contributed by atoms with E-state index in [0.717, 1.165) is 70.9 Å². The highest BCUT2D eigenvalue weighted by molar-refractivity contribution is 6.15. The molecule has 200 valence electrons. The zero-order valence-electron chi connectivity index (χ0n) is 23.0. The van der Waals surface area contributed by atoms with E-state index in [-0.39, 0.29) is 0 Å². The summed E-state index contributed by atoms with van der Waals surface area (Å²) in [4.78, 5) is 15.3. The van der Waals surface area contributed by atoms with Crippen molar-refractivity contribution in [3.8, 4) is 34.2 Å². The second-order valence-corrected chi connectivity index (χ2v) is 10.8. The van der Waals surface area contributed by atoms with Gasteiger partial charge in [0.2, 0.25) is 0 Å². The molecule has 0 aliphatic heterocycles. The number of hydrogen-bond acceptors (Lipinski definition) is 4. The van der Waals surface area contributed by atoms with E-state index >= 15 is 0 Å². The molecule has 0 atom stereocenters. The average Bonchev–Trinajstić information content (AvgIpc) is 3.46. The highest BCUT2D eigenvalue weighted by atomic mass is 16.3. The zero-order chi connectivity index (χ0) is 28.3. The standard InChI is InChI=1S/C39H23N3O/c1-3-13-28-24(9-1)11-7-16-33(28)38-40-37(41-39(42-38)34-17-8-12-25-10-2-4-14-29(25)34)27-20-21-30-26(23-27)19-22-32-31-15-5-6-18-35(31)43-36(30)32/h1-23H. The van der Waals surface area contributed by atoms with Gasteiger partial charge in [-0.1, -0.05) is 115 Å². The van der Waals surface area contributed by atoms with Gasteiger partial charge in [-0.25, -0.2) is 15.0 Å².